The van der Waals surface area contributed by atoms with E-state index in [1.807, 2.05) is 22.9 Å². The predicted molar refractivity (Wildman–Crippen MR) is 80.7 cm³/mol. The molecule has 0 aliphatic carbocycles. The quantitative estimate of drug-likeness (QED) is 0.703. The molecule has 0 radical (unpaired) electrons. The van der Waals surface area contributed by atoms with E-state index in [4.69, 9.17) is 9.52 Å². The van der Waals surface area contributed by atoms with Gasteiger partial charge in [-0.1, -0.05) is 0 Å². The Morgan fingerprint density at radius 1 is 1.40 bits per heavy atom. The third-order valence-electron chi connectivity index (χ3n) is 2.46. The van der Waals surface area contributed by atoms with Gasteiger partial charge in [-0.25, -0.2) is 9.78 Å². The minimum absolute atomic E-state index is 0.363. The Balaban J connectivity index is 1.65. The van der Waals surface area contributed by atoms with Crippen LogP contribution in [0.15, 0.2) is 44.5 Å². The van der Waals surface area contributed by atoms with Crippen LogP contribution in [0.3, 0.4) is 0 Å². The number of thiophene rings is 1. The molecule has 1 N–H and O–H groups in total. The molecule has 20 heavy (non-hydrogen) atoms. The van der Waals surface area contributed by atoms with Gasteiger partial charge in [-0.3, -0.25) is 0 Å². The maximum Gasteiger partial charge on any atom is 0.345 e. The van der Waals surface area contributed by atoms with Gasteiger partial charge in [-0.05, 0) is 18.2 Å². The normalized spacial score (nSPS) is 10.8. The molecular formula is C13H9NO3S3. The summed E-state index contributed by atoms with van der Waals surface area (Å²) >= 11 is 4.37. The Labute approximate surface area is 127 Å². The lowest BCUT2D eigenvalue weighted by Gasteiger charge is -1.94. The van der Waals surface area contributed by atoms with Gasteiger partial charge in [0.15, 0.2) is 10.8 Å². The van der Waals surface area contributed by atoms with Gasteiger partial charge in [0.25, 0.3) is 0 Å². The Kier molecular flexibility index (Phi) is 3.90. The maximum atomic E-state index is 10.8. The number of hydrogen-bond donors (Lipinski definition) is 1. The molecule has 0 amide bonds. The fourth-order valence-corrected chi connectivity index (χ4v) is 4.20. The second-order valence-electron chi connectivity index (χ2n) is 3.86. The van der Waals surface area contributed by atoms with E-state index in [-0.39, 0.29) is 0 Å². The highest BCUT2D eigenvalue weighted by molar-refractivity contribution is 7.98. The van der Waals surface area contributed by atoms with E-state index < -0.39 is 5.97 Å². The highest BCUT2D eigenvalue weighted by Crippen LogP contribution is 2.30. The molecule has 102 valence electrons. The standard InChI is InChI=1S/C13H9NO3S3/c15-13(16)11-4-9(7-19-11)18-5-8-6-20-12(14-8)10-2-1-3-17-10/h1-4,6-7H,5H2,(H,15,16). The van der Waals surface area contributed by atoms with Crippen molar-refractivity contribution in [3.63, 3.8) is 0 Å². The summed E-state index contributed by atoms with van der Waals surface area (Å²) in [6.45, 7) is 0. The fourth-order valence-electron chi connectivity index (χ4n) is 1.55. The van der Waals surface area contributed by atoms with Crippen LogP contribution in [0.2, 0.25) is 0 Å². The lowest BCUT2D eigenvalue weighted by atomic mass is 10.5. The van der Waals surface area contributed by atoms with E-state index in [0.29, 0.717) is 10.6 Å². The van der Waals surface area contributed by atoms with Crippen LogP contribution in [0.1, 0.15) is 15.4 Å². The van der Waals surface area contributed by atoms with Crippen LogP contribution in [0.4, 0.5) is 0 Å². The molecule has 4 nitrogen and oxygen atoms in total. The number of aromatic nitrogens is 1. The number of nitrogens with zero attached hydrogens (tertiary/aromatic N) is 1. The molecule has 7 heteroatoms. The number of thioether (sulfide) groups is 1. The highest BCUT2D eigenvalue weighted by atomic mass is 32.2. The Bertz CT molecular complexity index is 715. The number of carboxylic acids is 1. The van der Waals surface area contributed by atoms with Crippen molar-refractivity contribution in [1.82, 2.24) is 4.98 Å². The van der Waals surface area contributed by atoms with Crippen LogP contribution >= 0.6 is 34.4 Å². The van der Waals surface area contributed by atoms with Crippen LogP contribution in [-0.2, 0) is 5.75 Å². The first-order valence-electron chi connectivity index (χ1n) is 5.65. The molecule has 0 spiro atoms. The number of hydrogen-bond acceptors (Lipinski definition) is 6. The van der Waals surface area contributed by atoms with Crippen molar-refractivity contribution in [1.29, 1.82) is 0 Å². The first-order valence-corrected chi connectivity index (χ1v) is 8.40. The van der Waals surface area contributed by atoms with E-state index in [1.165, 1.54) is 11.3 Å². The van der Waals surface area contributed by atoms with Crippen molar-refractivity contribution in [2.45, 2.75) is 10.6 Å². The molecule has 0 aliphatic heterocycles. The number of aromatic carboxylic acids is 1. The zero-order valence-corrected chi connectivity index (χ0v) is 12.6. The summed E-state index contributed by atoms with van der Waals surface area (Å²) in [5.74, 6) is 0.609. The summed E-state index contributed by atoms with van der Waals surface area (Å²) in [7, 11) is 0. The van der Waals surface area contributed by atoms with Crippen molar-refractivity contribution in [3.8, 4) is 10.8 Å². The molecule has 0 aliphatic rings. The second kappa shape index (κ2) is 5.82. The first kappa shape index (κ1) is 13.4. The summed E-state index contributed by atoms with van der Waals surface area (Å²) in [6.07, 6.45) is 1.63. The molecular weight excluding hydrogens is 314 g/mol. The van der Waals surface area contributed by atoms with E-state index >= 15 is 0 Å². The van der Waals surface area contributed by atoms with Crippen molar-refractivity contribution in [3.05, 3.63) is 45.8 Å². The van der Waals surface area contributed by atoms with Crippen molar-refractivity contribution in [2.24, 2.45) is 0 Å². The molecule has 0 aromatic carbocycles. The molecule has 0 saturated carbocycles. The number of furan rings is 1. The zero-order valence-electron chi connectivity index (χ0n) is 10.1. The molecule has 3 heterocycles. The van der Waals surface area contributed by atoms with Crippen molar-refractivity contribution in [2.75, 3.05) is 0 Å². The second-order valence-corrected chi connectivity index (χ2v) is 6.68. The average Bonchev–Trinajstić information content (AvgIpc) is 3.17. The third-order valence-corrected chi connectivity index (χ3v) is 5.44. The lowest BCUT2D eigenvalue weighted by molar-refractivity contribution is 0.0702. The van der Waals surface area contributed by atoms with Gasteiger partial charge >= 0.3 is 5.97 Å². The number of carbonyl (C=O) groups is 1. The summed E-state index contributed by atoms with van der Waals surface area (Å²) in [5, 5.41) is 13.6. The zero-order chi connectivity index (χ0) is 13.9. The van der Waals surface area contributed by atoms with Gasteiger partial charge in [0, 0.05) is 21.4 Å². The van der Waals surface area contributed by atoms with Gasteiger partial charge in [0.1, 0.15) is 4.88 Å². The van der Waals surface area contributed by atoms with Crippen LogP contribution in [-0.4, -0.2) is 16.1 Å². The monoisotopic (exact) mass is 323 g/mol. The topological polar surface area (TPSA) is 63.3 Å². The Morgan fingerprint density at radius 3 is 3.00 bits per heavy atom. The number of carboxylic acid groups (broad SMARTS) is 1. The largest absolute Gasteiger partial charge is 0.477 e. The smallest absolute Gasteiger partial charge is 0.345 e. The molecule has 3 rings (SSSR count). The molecule has 0 saturated heterocycles. The summed E-state index contributed by atoms with van der Waals surface area (Å²) in [6, 6.07) is 5.41. The molecule has 0 unspecified atom stereocenters. The van der Waals surface area contributed by atoms with Crippen LogP contribution in [0.5, 0.6) is 0 Å². The molecule has 0 atom stereocenters. The number of thiazole rings is 1. The van der Waals surface area contributed by atoms with E-state index in [2.05, 4.69) is 4.98 Å². The van der Waals surface area contributed by atoms with Gasteiger partial charge < -0.3 is 9.52 Å². The van der Waals surface area contributed by atoms with E-state index in [0.717, 1.165) is 21.4 Å². The Morgan fingerprint density at radius 2 is 2.30 bits per heavy atom. The fraction of sp³-hybridized carbons (Fsp3) is 0.0769. The molecule has 3 aromatic rings. The minimum Gasteiger partial charge on any atom is -0.477 e. The molecule has 0 fully saturated rings. The lowest BCUT2D eigenvalue weighted by Crippen LogP contribution is -1.89. The number of rotatable bonds is 5. The summed E-state index contributed by atoms with van der Waals surface area (Å²) in [5.41, 5.74) is 0.967. The Hall–Kier alpha value is -1.57. The van der Waals surface area contributed by atoms with Crippen LogP contribution in [0, 0.1) is 0 Å². The molecule has 0 bridgehead atoms. The van der Waals surface area contributed by atoms with Crippen molar-refractivity contribution < 1.29 is 14.3 Å². The summed E-state index contributed by atoms with van der Waals surface area (Å²) in [4.78, 5) is 16.6. The van der Waals surface area contributed by atoms with E-state index in [1.54, 1.807) is 35.4 Å². The third kappa shape index (κ3) is 2.95. The SMILES string of the molecule is O=C(O)c1cc(SCc2csc(-c3ccco3)n2)cs1. The highest BCUT2D eigenvalue weighted by Gasteiger charge is 2.10. The molecule has 3 aromatic heterocycles. The maximum absolute atomic E-state index is 10.8. The minimum atomic E-state index is -0.879. The first-order chi connectivity index (χ1) is 9.72. The van der Waals surface area contributed by atoms with Gasteiger partial charge in [-0.2, -0.15) is 0 Å². The average molecular weight is 323 g/mol. The van der Waals surface area contributed by atoms with Gasteiger partial charge in [0.2, 0.25) is 0 Å². The van der Waals surface area contributed by atoms with E-state index in [9.17, 15) is 4.79 Å². The van der Waals surface area contributed by atoms with Crippen molar-refractivity contribution >= 4 is 40.4 Å². The van der Waals surface area contributed by atoms with Gasteiger partial charge in [-0.15, -0.1) is 34.4 Å². The summed E-state index contributed by atoms with van der Waals surface area (Å²) < 4.78 is 5.30. The van der Waals surface area contributed by atoms with Crippen LogP contribution in [0.25, 0.3) is 10.8 Å². The van der Waals surface area contributed by atoms with Gasteiger partial charge in [0.05, 0.1) is 12.0 Å². The predicted octanol–water partition coefficient (Wildman–Crippen LogP) is 4.46. The van der Waals surface area contributed by atoms with Crippen LogP contribution < -0.4 is 0 Å².